The lowest BCUT2D eigenvalue weighted by Gasteiger charge is -2.27. The SMILES string of the molecule is C=CCCCC(O)c1ccc([C@H](C)Nc2ncc3c(n2)N(CC=C)C(=O)OC3)cc1. The lowest BCUT2D eigenvalue weighted by Crippen LogP contribution is -2.36. The number of hydrogen-bond acceptors (Lipinski definition) is 6. The number of unbranched alkanes of at least 4 members (excludes halogenated alkanes) is 1. The van der Waals surface area contributed by atoms with Crippen LogP contribution in [0, 0.1) is 0 Å². The van der Waals surface area contributed by atoms with Crippen molar-refractivity contribution in [2.75, 3.05) is 16.8 Å². The molecule has 7 heteroatoms. The fraction of sp³-hybridized carbons (Fsp3) is 0.348. The van der Waals surface area contributed by atoms with Crippen LogP contribution in [0.25, 0.3) is 0 Å². The average Bonchev–Trinajstić information content (AvgIpc) is 2.76. The molecule has 1 aromatic carbocycles. The molecular weight excluding hydrogens is 380 g/mol. The van der Waals surface area contributed by atoms with Crippen LogP contribution in [0.2, 0.25) is 0 Å². The van der Waals surface area contributed by atoms with Crippen molar-refractivity contribution in [1.82, 2.24) is 9.97 Å². The molecule has 1 amide bonds. The quantitative estimate of drug-likeness (QED) is 0.438. The van der Waals surface area contributed by atoms with Crippen LogP contribution >= 0.6 is 0 Å². The highest BCUT2D eigenvalue weighted by molar-refractivity contribution is 5.89. The first-order valence-corrected chi connectivity index (χ1v) is 10.1. The van der Waals surface area contributed by atoms with E-state index < -0.39 is 12.2 Å². The maximum atomic E-state index is 12.0. The van der Waals surface area contributed by atoms with Gasteiger partial charge in [0.15, 0.2) is 5.82 Å². The van der Waals surface area contributed by atoms with Gasteiger partial charge >= 0.3 is 6.09 Å². The minimum absolute atomic E-state index is 0.0570. The summed E-state index contributed by atoms with van der Waals surface area (Å²) in [6, 6.07) is 7.81. The summed E-state index contributed by atoms with van der Waals surface area (Å²) < 4.78 is 5.13. The Morgan fingerprint density at radius 1 is 1.27 bits per heavy atom. The van der Waals surface area contributed by atoms with Crippen LogP contribution in [-0.2, 0) is 11.3 Å². The van der Waals surface area contributed by atoms with Crippen molar-refractivity contribution in [1.29, 1.82) is 0 Å². The minimum atomic E-state index is -0.471. The highest BCUT2D eigenvalue weighted by Gasteiger charge is 2.27. The van der Waals surface area contributed by atoms with Gasteiger partial charge in [0.25, 0.3) is 0 Å². The van der Waals surface area contributed by atoms with Crippen LogP contribution in [0.1, 0.15) is 55.0 Å². The molecule has 2 aromatic rings. The van der Waals surface area contributed by atoms with E-state index in [1.54, 1.807) is 12.3 Å². The van der Waals surface area contributed by atoms with Crippen molar-refractivity contribution in [3.8, 4) is 0 Å². The number of nitrogens with zero attached hydrogens (tertiary/aromatic N) is 3. The van der Waals surface area contributed by atoms with Gasteiger partial charge in [-0.15, -0.1) is 13.2 Å². The molecule has 0 spiro atoms. The van der Waals surface area contributed by atoms with Gasteiger partial charge in [-0.2, -0.15) is 4.98 Å². The van der Waals surface area contributed by atoms with E-state index in [9.17, 15) is 9.90 Å². The zero-order valence-corrected chi connectivity index (χ0v) is 17.3. The van der Waals surface area contributed by atoms with Gasteiger partial charge in [-0.3, -0.25) is 4.90 Å². The normalized spacial score (nSPS) is 15.0. The van der Waals surface area contributed by atoms with Crippen molar-refractivity contribution >= 4 is 17.9 Å². The monoisotopic (exact) mass is 408 g/mol. The van der Waals surface area contributed by atoms with E-state index in [1.165, 1.54) is 4.90 Å². The van der Waals surface area contributed by atoms with E-state index in [4.69, 9.17) is 4.74 Å². The zero-order chi connectivity index (χ0) is 21.5. The molecule has 0 saturated heterocycles. The summed E-state index contributed by atoms with van der Waals surface area (Å²) in [6.45, 7) is 9.87. The molecule has 158 valence electrons. The number of hydrogen-bond donors (Lipinski definition) is 2. The molecule has 0 radical (unpaired) electrons. The zero-order valence-electron chi connectivity index (χ0n) is 17.3. The molecule has 1 aliphatic heterocycles. The van der Waals surface area contributed by atoms with Crippen LogP contribution in [-0.4, -0.2) is 27.7 Å². The van der Waals surface area contributed by atoms with Gasteiger partial charge in [0.2, 0.25) is 5.95 Å². The molecule has 1 unspecified atom stereocenters. The molecule has 3 rings (SSSR count). The Morgan fingerprint density at radius 3 is 2.70 bits per heavy atom. The molecule has 2 N–H and O–H groups in total. The summed E-state index contributed by atoms with van der Waals surface area (Å²) in [4.78, 5) is 22.3. The maximum absolute atomic E-state index is 12.0. The summed E-state index contributed by atoms with van der Waals surface area (Å²) >= 11 is 0. The fourth-order valence-corrected chi connectivity index (χ4v) is 3.30. The van der Waals surface area contributed by atoms with Gasteiger partial charge in [-0.1, -0.05) is 36.4 Å². The summed E-state index contributed by atoms with van der Waals surface area (Å²) in [5, 5.41) is 13.6. The lowest BCUT2D eigenvalue weighted by molar-refractivity contribution is 0.142. The second kappa shape index (κ2) is 10.0. The number of cyclic esters (lactones) is 1. The molecule has 30 heavy (non-hydrogen) atoms. The number of benzene rings is 1. The molecule has 7 nitrogen and oxygen atoms in total. The summed E-state index contributed by atoms with van der Waals surface area (Å²) in [6.07, 6.45) is 6.78. The smallest absolute Gasteiger partial charge is 0.416 e. The highest BCUT2D eigenvalue weighted by atomic mass is 16.6. The number of allylic oxidation sites excluding steroid dienone is 1. The second-order valence-corrected chi connectivity index (χ2v) is 7.26. The van der Waals surface area contributed by atoms with Crippen molar-refractivity contribution < 1.29 is 14.6 Å². The Bertz CT molecular complexity index is 898. The van der Waals surface area contributed by atoms with Crippen molar-refractivity contribution in [2.45, 2.75) is 44.9 Å². The van der Waals surface area contributed by atoms with Gasteiger partial charge in [0, 0.05) is 12.7 Å². The number of nitrogens with one attached hydrogen (secondary N) is 1. The Hall–Kier alpha value is -3.19. The number of carbonyl (C=O) groups is 1. The molecule has 2 atom stereocenters. The Kier molecular flexibility index (Phi) is 7.19. The molecule has 1 aromatic heterocycles. The Morgan fingerprint density at radius 2 is 2.00 bits per heavy atom. The second-order valence-electron chi connectivity index (χ2n) is 7.26. The summed E-state index contributed by atoms with van der Waals surface area (Å²) in [7, 11) is 0. The number of ether oxygens (including phenoxy) is 1. The molecule has 0 saturated carbocycles. The van der Waals surface area contributed by atoms with E-state index >= 15 is 0 Å². The predicted octanol–water partition coefficient (Wildman–Crippen LogP) is 4.68. The van der Waals surface area contributed by atoms with Crippen LogP contribution in [0.15, 0.2) is 55.8 Å². The Balaban J connectivity index is 1.69. The maximum Gasteiger partial charge on any atom is 0.416 e. The van der Waals surface area contributed by atoms with Crippen molar-refractivity contribution in [3.63, 3.8) is 0 Å². The number of carbonyl (C=O) groups excluding carboxylic acids is 1. The van der Waals surface area contributed by atoms with Gasteiger partial charge < -0.3 is 15.2 Å². The van der Waals surface area contributed by atoms with Gasteiger partial charge in [-0.05, 0) is 37.3 Å². The number of aliphatic hydroxyl groups is 1. The third-order valence-electron chi connectivity index (χ3n) is 5.03. The van der Waals surface area contributed by atoms with Gasteiger partial charge in [0.05, 0.1) is 17.7 Å². The average molecular weight is 409 g/mol. The molecule has 2 heterocycles. The first-order valence-electron chi connectivity index (χ1n) is 10.1. The van der Waals surface area contributed by atoms with Crippen molar-refractivity contribution in [3.05, 3.63) is 72.5 Å². The topological polar surface area (TPSA) is 87.6 Å². The molecular formula is C23H28N4O3. The standard InChI is InChI=1S/C23H28N4O3/c1-4-6-7-8-20(28)18-11-9-17(10-12-18)16(3)25-22-24-14-19-15-30-23(29)27(13-5-2)21(19)26-22/h4-5,9-12,14,16,20,28H,1-2,6-8,13,15H2,3H3,(H,24,25,26)/t16-,20?/m0/s1. The van der Waals surface area contributed by atoms with E-state index in [0.29, 0.717) is 24.7 Å². The van der Waals surface area contributed by atoms with Gasteiger partial charge in [0.1, 0.15) is 6.61 Å². The molecule has 0 aliphatic carbocycles. The van der Waals surface area contributed by atoms with Crippen LogP contribution in [0.4, 0.5) is 16.6 Å². The van der Waals surface area contributed by atoms with Crippen LogP contribution < -0.4 is 10.2 Å². The minimum Gasteiger partial charge on any atom is -0.444 e. The Labute approximate surface area is 177 Å². The summed E-state index contributed by atoms with van der Waals surface area (Å²) in [5.41, 5.74) is 2.70. The van der Waals surface area contributed by atoms with Gasteiger partial charge in [-0.25, -0.2) is 9.78 Å². The first kappa shape index (κ1) is 21.5. The van der Waals surface area contributed by atoms with Crippen LogP contribution in [0.5, 0.6) is 0 Å². The first-order chi connectivity index (χ1) is 14.5. The molecule has 0 fully saturated rings. The summed E-state index contributed by atoms with van der Waals surface area (Å²) in [5.74, 6) is 0.965. The number of rotatable bonds is 10. The third kappa shape index (κ3) is 5.04. The lowest BCUT2D eigenvalue weighted by atomic mass is 10.0. The van der Waals surface area contributed by atoms with E-state index in [2.05, 4.69) is 28.4 Å². The van der Waals surface area contributed by atoms with Crippen molar-refractivity contribution in [2.24, 2.45) is 0 Å². The fourth-order valence-electron chi connectivity index (χ4n) is 3.30. The number of aromatic nitrogens is 2. The van der Waals surface area contributed by atoms with Crippen LogP contribution in [0.3, 0.4) is 0 Å². The largest absolute Gasteiger partial charge is 0.444 e. The third-order valence-corrected chi connectivity index (χ3v) is 5.03. The number of aliphatic hydroxyl groups excluding tert-OH is 1. The number of fused-ring (bicyclic) bond motifs is 1. The van der Waals surface area contributed by atoms with E-state index in [0.717, 1.165) is 29.5 Å². The van der Waals surface area contributed by atoms with E-state index in [-0.39, 0.29) is 12.6 Å². The molecule has 1 aliphatic rings. The number of amides is 1. The predicted molar refractivity (Wildman–Crippen MR) is 117 cm³/mol. The number of anilines is 2. The highest BCUT2D eigenvalue weighted by Crippen LogP contribution is 2.27. The molecule has 0 bridgehead atoms. The van der Waals surface area contributed by atoms with E-state index in [1.807, 2.05) is 37.3 Å².